The highest BCUT2D eigenvalue weighted by molar-refractivity contribution is 6.33. The molecule has 0 unspecified atom stereocenters. The van der Waals surface area contributed by atoms with Crippen LogP contribution in [0.5, 0.6) is 0 Å². The maximum Gasteiger partial charge on any atom is 0.269 e. The number of carbonyl (C=O) groups excluding carboxylic acids is 2. The van der Waals surface area contributed by atoms with Crippen LogP contribution in [0.15, 0.2) is 36.4 Å². The Morgan fingerprint density at radius 1 is 0.957 bits per heavy atom. The quantitative estimate of drug-likeness (QED) is 0.657. The van der Waals surface area contributed by atoms with Crippen molar-refractivity contribution in [1.29, 1.82) is 0 Å². The molecule has 120 valence electrons. The highest BCUT2D eigenvalue weighted by Gasteiger charge is 2.11. The fourth-order valence-electron chi connectivity index (χ4n) is 1.78. The fourth-order valence-corrected chi connectivity index (χ4v) is 2.24. The standard InChI is InChI=1S/C15H14Cl2N4O2/c1-21(2)11-5-3-4-9(6-11)14(22)19-20-15(23)10-7-12(16)18-13(17)8-10/h3-8H,1-2H3,(H,19,22)(H,20,23). The summed E-state index contributed by atoms with van der Waals surface area (Å²) in [5.74, 6) is -0.985. The van der Waals surface area contributed by atoms with E-state index in [0.717, 1.165) is 5.69 Å². The van der Waals surface area contributed by atoms with Gasteiger partial charge in [-0.15, -0.1) is 0 Å². The van der Waals surface area contributed by atoms with Crippen LogP contribution < -0.4 is 15.8 Å². The predicted molar refractivity (Wildman–Crippen MR) is 90.0 cm³/mol. The van der Waals surface area contributed by atoms with Crippen molar-refractivity contribution in [2.24, 2.45) is 0 Å². The summed E-state index contributed by atoms with van der Waals surface area (Å²) in [6.07, 6.45) is 0. The van der Waals surface area contributed by atoms with Crippen molar-refractivity contribution < 1.29 is 9.59 Å². The predicted octanol–water partition coefficient (Wildman–Crippen LogP) is 2.53. The Balaban J connectivity index is 2.04. The van der Waals surface area contributed by atoms with E-state index in [2.05, 4.69) is 15.8 Å². The summed E-state index contributed by atoms with van der Waals surface area (Å²) in [6, 6.07) is 9.68. The van der Waals surface area contributed by atoms with Crippen LogP contribution in [0.2, 0.25) is 10.3 Å². The van der Waals surface area contributed by atoms with Crippen molar-refractivity contribution in [3.63, 3.8) is 0 Å². The molecule has 0 aliphatic carbocycles. The average molecular weight is 353 g/mol. The molecule has 0 saturated carbocycles. The molecule has 1 aromatic heterocycles. The van der Waals surface area contributed by atoms with Gasteiger partial charge in [-0.3, -0.25) is 20.4 Å². The van der Waals surface area contributed by atoms with Gasteiger partial charge < -0.3 is 4.90 Å². The molecule has 0 saturated heterocycles. The van der Waals surface area contributed by atoms with E-state index < -0.39 is 11.8 Å². The molecule has 2 amide bonds. The molecule has 0 fully saturated rings. The lowest BCUT2D eigenvalue weighted by Crippen LogP contribution is -2.41. The third kappa shape index (κ3) is 4.58. The van der Waals surface area contributed by atoms with Crippen LogP contribution in [0.3, 0.4) is 0 Å². The Hall–Kier alpha value is -2.31. The molecule has 8 heteroatoms. The highest BCUT2D eigenvalue weighted by Crippen LogP contribution is 2.15. The van der Waals surface area contributed by atoms with Gasteiger partial charge in [0.1, 0.15) is 10.3 Å². The molecule has 2 aromatic rings. The van der Waals surface area contributed by atoms with Crippen LogP contribution in [0.25, 0.3) is 0 Å². The van der Waals surface area contributed by atoms with E-state index in [9.17, 15) is 9.59 Å². The first kappa shape index (κ1) is 17.1. The lowest BCUT2D eigenvalue weighted by Gasteiger charge is -2.13. The number of anilines is 1. The molecule has 0 bridgehead atoms. The first-order chi connectivity index (χ1) is 10.9. The van der Waals surface area contributed by atoms with Crippen molar-refractivity contribution in [2.45, 2.75) is 0 Å². The SMILES string of the molecule is CN(C)c1cccc(C(=O)NNC(=O)c2cc(Cl)nc(Cl)c2)c1. The molecular weight excluding hydrogens is 339 g/mol. The molecule has 23 heavy (non-hydrogen) atoms. The van der Waals surface area contributed by atoms with Crippen molar-refractivity contribution in [2.75, 3.05) is 19.0 Å². The topological polar surface area (TPSA) is 74.3 Å². The van der Waals surface area contributed by atoms with E-state index >= 15 is 0 Å². The second kappa shape index (κ2) is 7.30. The average Bonchev–Trinajstić information content (AvgIpc) is 2.51. The maximum absolute atomic E-state index is 12.1. The largest absolute Gasteiger partial charge is 0.378 e. The van der Waals surface area contributed by atoms with Gasteiger partial charge >= 0.3 is 0 Å². The van der Waals surface area contributed by atoms with Crippen LogP contribution >= 0.6 is 23.2 Å². The lowest BCUT2D eigenvalue weighted by molar-refractivity contribution is 0.0846. The van der Waals surface area contributed by atoms with Gasteiger partial charge in [-0.1, -0.05) is 29.3 Å². The minimum Gasteiger partial charge on any atom is -0.378 e. The number of carbonyl (C=O) groups is 2. The Kier molecular flexibility index (Phi) is 5.41. The summed E-state index contributed by atoms with van der Waals surface area (Å²) in [5.41, 5.74) is 6.12. The number of benzene rings is 1. The molecule has 2 rings (SSSR count). The molecule has 2 N–H and O–H groups in total. The zero-order valence-corrected chi connectivity index (χ0v) is 13.9. The number of hydrazine groups is 1. The van der Waals surface area contributed by atoms with Gasteiger partial charge in [-0.25, -0.2) is 4.98 Å². The summed E-state index contributed by atoms with van der Waals surface area (Å²) in [4.78, 5) is 29.7. The molecule has 0 radical (unpaired) electrons. The van der Waals surface area contributed by atoms with E-state index in [1.165, 1.54) is 12.1 Å². The molecule has 0 spiro atoms. The van der Waals surface area contributed by atoms with Gasteiger partial charge in [0.05, 0.1) is 0 Å². The van der Waals surface area contributed by atoms with Crippen LogP contribution in [-0.4, -0.2) is 30.9 Å². The lowest BCUT2D eigenvalue weighted by atomic mass is 10.2. The summed E-state index contributed by atoms with van der Waals surface area (Å²) in [7, 11) is 3.74. The second-order valence-corrected chi connectivity index (χ2v) is 5.63. The molecule has 1 aromatic carbocycles. The third-order valence-corrected chi connectivity index (χ3v) is 3.33. The van der Waals surface area contributed by atoms with Crippen LogP contribution in [0.4, 0.5) is 5.69 Å². The summed E-state index contributed by atoms with van der Waals surface area (Å²) < 4.78 is 0. The normalized spacial score (nSPS) is 10.1. The van der Waals surface area contributed by atoms with E-state index in [-0.39, 0.29) is 15.9 Å². The van der Waals surface area contributed by atoms with Crippen molar-refractivity contribution in [1.82, 2.24) is 15.8 Å². The number of aromatic nitrogens is 1. The van der Waals surface area contributed by atoms with Crippen LogP contribution in [0.1, 0.15) is 20.7 Å². The number of amides is 2. The smallest absolute Gasteiger partial charge is 0.269 e. The van der Waals surface area contributed by atoms with Crippen LogP contribution in [0, 0.1) is 0 Å². The van der Waals surface area contributed by atoms with E-state index in [4.69, 9.17) is 23.2 Å². The van der Waals surface area contributed by atoms with Gasteiger partial charge in [0.15, 0.2) is 0 Å². The Bertz CT molecular complexity index is 730. The van der Waals surface area contributed by atoms with Gasteiger partial charge in [0.25, 0.3) is 11.8 Å². The number of hydrogen-bond donors (Lipinski definition) is 2. The van der Waals surface area contributed by atoms with Crippen LogP contribution in [-0.2, 0) is 0 Å². The van der Waals surface area contributed by atoms with E-state index in [0.29, 0.717) is 5.56 Å². The number of rotatable bonds is 3. The number of halogens is 2. The van der Waals surface area contributed by atoms with E-state index in [1.54, 1.807) is 18.2 Å². The number of hydrogen-bond acceptors (Lipinski definition) is 4. The molecular formula is C15H14Cl2N4O2. The molecule has 0 aliphatic heterocycles. The van der Waals surface area contributed by atoms with Gasteiger partial charge in [0, 0.05) is 30.9 Å². The number of pyridine rings is 1. The Morgan fingerprint density at radius 2 is 1.52 bits per heavy atom. The molecule has 1 heterocycles. The molecule has 6 nitrogen and oxygen atoms in total. The third-order valence-electron chi connectivity index (χ3n) is 2.94. The Morgan fingerprint density at radius 3 is 2.09 bits per heavy atom. The zero-order chi connectivity index (χ0) is 17.0. The zero-order valence-electron chi connectivity index (χ0n) is 12.4. The summed E-state index contributed by atoms with van der Waals surface area (Å²) in [6.45, 7) is 0. The minimum absolute atomic E-state index is 0.0904. The minimum atomic E-state index is -0.548. The summed E-state index contributed by atoms with van der Waals surface area (Å²) in [5, 5.41) is 0.181. The van der Waals surface area contributed by atoms with Crippen molar-refractivity contribution in [3.05, 3.63) is 57.8 Å². The first-order valence-electron chi connectivity index (χ1n) is 6.58. The molecule has 0 aliphatic rings. The first-order valence-corrected chi connectivity index (χ1v) is 7.33. The van der Waals surface area contributed by atoms with Gasteiger partial charge in [0.2, 0.25) is 0 Å². The van der Waals surface area contributed by atoms with Crippen molar-refractivity contribution in [3.8, 4) is 0 Å². The van der Waals surface area contributed by atoms with Gasteiger partial charge in [-0.05, 0) is 30.3 Å². The highest BCUT2D eigenvalue weighted by atomic mass is 35.5. The number of nitrogens with one attached hydrogen (secondary N) is 2. The maximum atomic E-state index is 12.1. The monoisotopic (exact) mass is 352 g/mol. The van der Waals surface area contributed by atoms with Gasteiger partial charge in [-0.2, -0.15) is 0 Å². The fraction of sp³-hybridized carbons (Fsp3) is 0.133. The second-order valence-electron chi connectivity index (χ2n) is 4.85. The molecule has 0 atom stereocenters. The number of nitrogens with zero attached hydrogens (tertiary/aromatic N) is 2. The Labute approximate surface area is 143 Å². The summed E-state index contributed by atoms with van der Waals surface area (Å²) >= 11 is 11.5. The van der Waals surface area contributed by atoms with Crippen molar-refractivity contribution >= 4 is 40.7 Å². The van der Waals surface area contributed by atoms with E-state index in [1.807, 2.05) is 25.1 Å².